The summed E-state index contributed by atoms with van der Waals surface area (Å²) in [6, 6.07) is 4.24. The molecule has 10 nitrogen and oxygen atoms in total. The van der Waals surface area contributed by atoms with E-state index in [1.807, 2.05) is 50.0 Å². The van der Waals surface area contributed by atoms with E-state index in [4.69, 9.17) is 9.94 Å². The lowest BCUT2D eigenvalue weighted by Crippen LogP contribution is -2.42. The van der Waals surface area contributed by atoms with Crippen LogP contribution in [0.3, 0.4) is 0 Å². The zero-order valence-electron chi connectivity index (χ0n) is 23.2. The van der Waals surface area contributed by atoms with E-state index in [-0.39, 0.29) is 5.91 Å². The number of urea groups is 1. The first-order chi connectivity index (χ1) is 18.8. The van der Waals surface area contributed by atoms with Crippen molar-refractivity contribution in [3.63, 3.8) is 0 Å². The maximum Gasteiger partial charge on any atom is 0.322 e. The summed E-state index contributed by atoms with van der Waals surface area (Å²) < 4.78 is 5.05. The zero-order valence-corrected chi connectivity index (χ0v) is 23.2. The largest absolute Gasteiger partial charge is 0.497 e. The minimum absolute atomic E-state index is 0.0777. The van der Waals surface area contributed by atoms with Crippen molar-refractivity contribution in [3.8, 4) is 17.6 Å². The van der Waals surface area contributed by atoms with Crippen molar-refractivity contribution in [2.45, 2.75) is 46.2 Å². The molecule has 1 aromatic carbocycles. The average Bonchev–Trinajstić information content (AvgIpc) is 3.39. The molecule has 4 rings (SSSR count). The molecule has 10 heteroatoms. The summed E-state index contributed by atoms with van der Waals surface area (Å²) in [7, 11) is 3.40. The third-order valence-corrected chi connectivity index (χ3v) is 6.02. The van der Waals surface area contributed by atoms with Gasteiger partial charge in [0, 0.05) is 37.8 Å². The molecule has 3 aliphatic heterocycles. The number of carbonyl (C=O) groups is 3. The van der Waals surface area contributed by atoms with E-state index < -0.39 is 18.0 Å². The first-order valence-corrected chi connectivity index (χ1v) is 12.8. The Bertz CT molecular complexity index is 1230. The monoisotopic (exact) mass is 535 g/mol. The molecule has 0 saturated carbocycles. The number of methoxy groups -OCH3 is 1. The Morgan fingerprint density at radius 2 is 1.97 bits per heavy atom. The number of nitrogens with zero attached hydrogens (tertiary/aromatic N) is 3. The Hall–Kier alpha value is -4.52. The number of imide groups is 1. The topological polar surface area (TPSA) is 124 Å². The molecule has 1 atom stereocenters. The second-order valence-corrected chi connectivity index (χ2v) is 8.60. The lowest BCUT2D eigenvalue weighted by molar-refractivity contribution is -0.119. The summed E-state index contributed by atoms with van der Waals surface area (Å²) in [4.78, 5) is 37.7. The highest BCUT2D eigenvalue weighted by Crippen LogP contribution is 2.25. The van der Waals surface area contributed by atoms with Crippen LogP contribution in [0.15, 0.2) is 59.3 Å². The van der Waals surface area contributed by atoms with Gasteiger partial charge in [0.2, 0.25) is 0 Å². The van der Waals surface area contributed by atoms with Crippen LogP contribution in [-0.4, -0.2) is 72.0 Å². The molecule has 2 saturated heterocycles. The molecule has 1 unspecified atom stereocenters. The number of rotatable bonds is 5. The van der Waals surface area contributed by atoms with Crippen molar-refractivity contribution >= 4 is 23.7 Å². The molecule has 2 fully saturated rings. The van der Waals surface area contributed by atoms with Crippen LogP contribution in [-0.2, 0) is 11.3 Å². The Labute approximate surface area is 230 Å². The number of fused-ring (bicyclic) bond motifs is 1. The maximum absolute atomic E-state index is 11.5. The van der Waals surface area contributed by atoms with Gasteiger partial charge in [0.05, 0.1) is 7.11 Å². The highest BCUT2D eigenvalue weighted by atomic mass is 16.5. The van der Waals surface area contributed by atoms with E-state index >= 15 is 0 Å². The van der Waals surface area contributed by atoms with Crippen molar-refractivity contribution in [1.29, 1.82) is 0 Å². The number of hydrogen-bond donors (Lipinski definition) is 3. The number of likely N-dealkylation sites (tertiary alicyclic amines) is 1. The average molecular weight is 536 g/mol. The summed E-state index contributed by atoms with van der Waals surface area (Å²) in [6.07, 6.45) is 7.05. The van der Waals surface area contributed by atoms with Gasteiger partial charge in [-0.15, -0.1) is 0 Å². The number of ether oxygens (including phenoxy) is 1. The second-order valence-electron chi connectivity index (χ2n) is 8.60. The lowest BCUT2D eigenvalue weighted by Gasteiger charge is -2.33. The van der Waals surface area contributed by atoms with Gasteiger partial charge in [-0.3, -0.25) is 14.9 Å². The molecule has 3 N–H and O–H groups in total. The van der Waals surface area contributed by atoms with Gasteiger partial charge in [-0.2, -0.15) is 0 Å². The fourth-order valence-electron chi connectivity index (χ4n) is 3.79. The van der Waals surface area contributed by atoms with Crippen molar-refractivity contribution in [3.05, 3.63) is 65.3 Å². The second kappa shape index (κ2) is 15.0. The van der Waals surface area contributed by atoms with Crippen LogP contribution in [0.5, 0.6) is 5.75 Å². The summed E-state index contributed by atoms with van der Waals surface area (Å²) in [6.45, 7) is 12.1. The van der Waals surface area contributed by atoms with Crippen molar-refractivity contribution < 1.29 is 24.3 Å². The molecule has 3 heterocycles. The Balaban J connectivity index is 0.000000298. The molecule has 0 bridgehead atoms. The molecular weight excluding hydrogens is 498 g/mol. The molecule has 4 amide bonds. The standard InChI is InChI=1S/C17H20N4O3.C10H11NO2.C2H6/c1-3-13(8-9-14-16(22)19-17(23)18-14)7-4-6-12(2)15(20-24)21-10-5-11-21;1-11-6-7-3-4-8(13-2)5-9(7)10(11)12;1-2/h3,6-7,14,24H,1,4-5,10-11H2,2H3,(H2,18,19,22,23);3-5H,6H2,1-2H3;1-2H3/b12-6+,13-7+,20-15-;;. The van der Waals surface area contributed by atoms with Crippen LogP contribution >= 0.6 is 0 Å². The number of allylic oxidation sites excluding steroid dienone is 4. The molecule has 3 aliphatic rings. The number of nitrogens with one attached hydrogen (secondary N) is 2. The van der Waals surface area contributed by atoms with Crippen LogP contribution in [0, 0.1) is 11.8 Å². The molecule has 208 valence electrons. The van der Waals surface area contributed by atoms with E-state index in [9.17, 15) is 14.4 Å². The number of benzene rings is 1. The van der Waals surface area contributed by atoms with Gasteiger partial charge in [0.25, 0.3) is 11.8 Å². The van der Waals surface area contributed by atoms with E-state index in [0.717, 1.165) is 42.0 Å². The first kappa shape index (κ1) is 30.7. The van der Waals surface area contributed by atoms with E-state index in [1.165, 1.54) is 0 Å². The third kappa shape index (κ3) is 8.23. The van der Waals surface area contributed by atoms with Gasteiger partial charge in [-0.05, 0) is 43.0 Å². The number of hydrogen-bond acceptors (Lipinski definition) is 6. The molecule has 39 heavy (non-hydrogen) atoms. The van der Waals surface area contributed by atoms with Crippen LogP contribution in [0.2, 0.25) is 0 Å². The third-order valence-electron chi connectivity index (χ3n) is 6.02. The highest BCUT2D eigenvalue weighted by molar-refractivity contribution is 6.06. The van der Waals surface area contributed by atoms with Gasteiger partial charge in [-0.25, -0.2) is 4.79 Å². The van der Waals surface area contributed by atoms with Crippen molar-refractivity contribution in [2.24, 2.45) is 5.16 Å². The predicted molar refractivity (Wildman–Crippen MR) is 150 cm³/mol. The molecular formula is C29H37N5O5. The predicted octanol–water partition coefficient (Wildman–Crippen LogP) is 3.45. The van der Waals surface area contributed by atoms with Crippen LogP contribution in [0.25, 0.3) is 0 Å². The minimum Gasteiger partial charge on any atom is -0.497 e. The molecule has 0 spiro atoms. The molecule has 0 radical (unpaired) electrons. The van der Waals surface area contributed by atoms with E-state index in [2.05, 4.69) is 34.2 Å². The van der Waals surface area contributed by atoms with Gasteiger partial charge >= 0.3 is 6.03 Å². The van der Waals surface area contributed by atoms with Crippen molar-refractivity contribution in [2.75, 3.05) is 27.2 Å². The summed E-state index contributed by atoms with van der Waals surface area (Å²) in [5, 5.41) is 17.0. The Morgan fingerprint density at radius 1 is 1.26 bits per heavy atom. The van der Waals surface area contributed by atoms with Gasteiger partial charge in [0.15, 0.2) is 11.9 Å². The summed E-state index contributed by atoms with van der Waals surface area (Å²) in [5.74, 6) is 6.47. The number of amidine groups is 1. The quantitative estimate of drug-likeness (QED) is 0.101. The number of carbonyl (C=O) groups excluding carboxylic acids is 3. The Morgan fingerprint density at radius 3 is 2.51 bits per heavy atom. The smallest absolute Gasteiger partial charge is 0.322 e. The summed E-state index contributed by atoms with van der Waals surface area (Å²) >= 11 is 0. The fourth-order valence-corrected chi connectivity index (χ4v) is 3.79. The highest BCUT2D eigenvalue weighted by Gasteiger charge is 2.27. The first-order valence-electron chi connectivity index (χ1n) is 12.8. The van der Waals surface area contributed by atoms with Crippen LogP contribution < -0.4 is 15.4 Å². The van der Waals surface area contributed by atoms with Gasteiger partial charge in [-0.1, -0.05) is 61.7 Å². The number of amides is 4. The molecule has 1 aromatic rings. The van der Waals surface area contributed by atoms with Gasteiger partial charge in [0.1, 0.15) is 5.75 Å². The lowest BCUT2D eigenvalue weighted by atomic mass is 10.1. The summed E-state index contributed by atoms with van der Waals surface area (Å²) in [5.41, 5.74) is 3.38. The van der Waals surface area contributed by atoms with Crippen LogP contribution in [0.4, 0.5) is 4.79 Å². The SMILES string of the molecule is C=C/C(C#CC1NC(=O)NC1=O)=C\C/C=C(C)/C(=N/O)N1CCC1.CC.COc1ccc2c(c1)C(=O)N(C)C2. The Kier molecular flexibility index (Phi) is 11.8. The van der Waals surface area contributed by atoms with E-state index in [0.29, 0.717) is 24.4 Å². The molecule has 0 aliphatic carbocycles. The van der Waals surface area contributed by atoms with E-state index in [1.54, 1.807) is 31.2 Å². The fraction of sp³-hybridized carbons (Fsp3) is 0.379. The van der Waals surface area contributed by atoms with Gasteiger partial charge < -0.3 is 25.1 Å². The normalized spacial score (nSPS) is 18.2. The van der Waals surface area contributed by atoms with Crippen LogP contribution in [0.1, 0.15) is 49.5 Å². The zero-order chi connectivity index (χ0) is 28.9. The maximum atomic E-state index is 11.5. The molecule has 0 aromatic heterocycles. The minimum atomic E-state index is -0.835. The number of oxime groups is 1. The van der Waals surface area contributed by atoms with Crippen molar-refractivity contribution in [1.82, 2.24) is 20.4 Å².